The first-order chi connectivity index (χ1) is 10.4. The number of hydrogen-bond acceptors (Lipinski definition) is 7. The quantitative estimate of drug-likeness (QED) is 0.504. The van der Waals surface area contributed by atoms with Gasteiger partial charge >= 0.3 is 0 Å². The average molecular weight is 340 g/mol. The molecule has 0 saturated carbocycles. The number of aromatic nitrogens is 2. The van der Waals surface area contributed by atoms with Crippen molar-refractivity contribution in [1.29, 1.82) is 0 Å². The van der Waals surface area contributed by atoms with Crippen LogP contribution < -0.4 is 10.9 Å². The summed E-state index contributed by atoms with van der Waals surface area (Å²) >= 11 is 2.84. The Balaban J connectivity index is 2.33. The summed E-state index contributed by atoms with van der Waals surface area (Å²) in [5, 5.41) is 2.90. The van der Waals surface area contributed by atoms with Crippen LogP contribution in [0.4, 0.5) is 0 Å². The van der Waals surface area contributed by atoms with Gasteiger partial charge in [-0.2, -0.15) is 0 Å². The van der Waals surface area contributed by atoms with Gasteiger partial charge < -0.3 is 10.1 Å². The highest BCUT2D eigenvalue weighted by Gasteiger charge is 2.34. The molecule has 1 N–H and O–H groups in total. The molecular weight excluding hydrogens is 320 g/mol. The highest BCUT2D eigenvalue weighted by Crippen LogP contribution is 2.31. The van der Waals surface area contributed by atoms with Gasteiger partial charge in [0.1, 0.15) is 6.23 Å². The molecule has 0 spiro atoms. The van der Waals surface area contributed by atoms with Crippen molar-refractivity contribution in [1.82, 2.24) is 14.9 Å². The number of nitrogens with zero attached hydrogens (tertiary/aromatic N) is 3. The topological polar surface area (TPSA) is 68.5 Å². The van der Waals surface area contributed by atoms with Crippen molar-refractivity contribution in [3.05, 3.63) is 33.9 Å². The second-order valence-electron chi connectivity index (χ2n) is 4.85. The zero-order valence-corrected chi connectivity index (χ0v) is 14.9. The van der Waals surface area contributed by atoms with Crippen molar-refractivity contribution in [3.8, 4) is 0 Å². The Labute approximate surface area is 138 Å². The summed E-state index contributed by atoms with van der Waals surface area (Å²) in [6, 6.07) is 1.51. The Kier molecular flexibility index (Phi) is 5.36. The summed E-state index contributed by atoms with van der Waals surface area (Å²) in [6.45, 7) is 5.57. The third-order valence-electron chi connectivity index (χ3n) is 3.13. The van der Waals surface area contributed by atoms with Crippen molar-refractivity contribution in [3.63, 3.8) is 0 Å². The molecule has 1 aliphatic rings. The van der Waals surface area contributed by atoms with E-state index in [1.54, 1.807) is 10.8 Å². The number of allylic oxidation sites excluding steroid dienone is 2. The van der Waals surface area contributed by atoms with Crippen LogP contribution >= 0.6 is 23.5 Å². The highest BCUT2D eigenvalue weighted by atomic mass is 32.2. The van der Waals surface area contributed by atoms with Crippen LogP contribution in [0.3, 0.4) is 0 Å². The fourth-order valence-electron chi connectivity index (χ4n) is 2.12. The fourth-order valence-corrected chi connectivity index (χ4v) is 3.46. The number of thioether (sulfide) groups is 2. The van der Waals surface area contributed by atoms with Gasteiger partial charge in [0.25, 0.3) is 10.7 Å². The maximum Gasteiger partial charge on any atom is 0.290 e. The third-order valence-corrected chi connectivity index (χ3v) is 4.64. The molecular formula is C14H20N4O2S2. The van der Waals surface area contributed by atoms with E-state index in [9.17, 15) is 4.79 Å². The van der Waals surface area contributed by atoms with E-state index >= 15 is 0 Å². The number of rotatable bonds is 5. The lowest BCUT2D eigenvalue weighted by atomic mass is 10.4. The fraction of sp³-hybridized carbons (Fsp3) is 0.500. The minimum absolute atomic E-state index is 0.132. The molecule has 0 bridgehead atoms. The van der Waals surface area contributed by atoms with Gasteiger partial charge in [-0.3, -0.25) is 9.36 Å². The first-order valence-corrected chi connectivity index (χ1v) is 9.23. The second-order valence-corrected chi connectivity index (χ2v) is 6.58. The third kappa shape index (κ3) is 3.56. The zero-order chi connectivity index (χ0) is 16.3. The van der Waals surface area contributed by atoms with E-state index in [4.69, 9.17) is 4.74 Å². The summed E-state index contributed by atoms with van der Waals surface area (Å²) in [5.41, 5.74) is 1.52. The monoisotopic (exact) mass is 340 g/mol. The smallest absolute Gasteiger partial charge is 0.290 e. The second kappa shape index (κ2) is 6.89. The van der Waals surface area contributed by atoms with Gasteiger partial charge in [0, 0.05) is 23.7 Å². The minimum Gasteiger partial charge on any atom is -0.333 e. The van der Waals surface area contributed by atoms with E-state index in [0.29, 0.717) is 10.9 Å². The Hall–Kier alpha value is -1.25. The molecule has 6 nitrogen and oxygen atoms in total. The summed E-state index contributed by atoms with van der Waals surface area (Å²) in [4.78, 5) is 21.1. The van der Waals surface area contributed by atoms with E-state index in [1.165, 1.54) is 29.6 Å². The van der Waals surface area contributed by atoms with Gasteiger partial charge in [0.05, 0.1) is 0 Å². The maximum absolute atomic E-state index is 12.3. The lowest BCUT2D eigenvalue weighted by Gasteiger charge is -2.34. The molecule has 2 heterocycles. The van der Waals surface area contributed by atoms with Crippen LogP contribution in [0.15, 0.2) is 32.8 Å². The van der Waals surface area contributed by atoms with Crippen LogP contribution in [0.25, 0.3) is 0 Å². The first kappa shape index (κ1) is 17.1. The molecule has 22 heavy (non-hydrogen) atoms. The number of nitrogens with one attached hydrogen (secondary N) is 1. The summed E-state index contributed by atoms with van der Waals surface area (Å²) in [6.07, 6.45) is 6.86. The van der Waals surface area contributed by atoms with Crippen LogP contribution in [0.2, 0.25) is 0 Å². The lowest BCUT2D eigenvalue weighted by Crippen LogP contribution is -2.45. The summed E-state index contributed by atoms with van der Waals surface area (Å²) in [5.74, 6) is 0. The van der Waals surface area contributed by atoms with E-state index in [0.717, 1.165) is 5.70 Å². The number of aliphatic imine (C=N–C) groups is 1. The van der Waals surface area contributed by atoms with E-state index in [-0.39, 0.29) is 5.56 Å². The normalized spacial score (nSPS) is 22.1. The number of hydrogen-bond donors (Lipinski definition) is 1. The van der Waals surface area contributed by atoms with Gasteiger partial charge in [-0.25, -0.2) is 9.98 Å². The van der Waals surface area contributed by atoms with Crippen molar-refractivity contribution in [2.75, 3.05) is 12.5 Å². The lowest BCUT2D eigenvalue weighted by molar-refractivity contribution is -0.0778. The summed E-state index contributed by atoms with van der Waals surface area (Å²) < 4.78 is 7.61. The molecule has 0 radical (unpaired) electrons. The molecule has 1 aromatic rings. The molecule has 1 aliphatic heterocycles. The van der Waals surface area contributed by atoms with Crippen molar-refractivity contribution >= 4 is 29.7 Å². The van der Waals surface area contributed by atoms with E-state index in [1.807, 2.05) is 39.4 Å². The molecule has 0 fully saturated rings. The maximum atomic E-state index is 12.3. The van der Waals surface area contributed by atoms with Crippen LogP contribution in [-0.2, 0) is 4.74 Å². The Bertz CT molecular complexity index is 671. The standard InChI is InChI=1S/C14H20N4O2S2/c1-9-6-7-15-14(17-9,22-5)20-11(3)18-12(19)8-10(2)16-13(18)21-4/h6-8,11,17H,1-5H3. The van der Waals surface area contributed by atoms with Crippen molar-refractivity contribution < 1.29 is 4.74 Å². The van der Waals surface area contributed by atoms with Gasteiger partial charge in [0.2, 0.25) is 0 Å². The van der Waals surface area contributed by atoms with Crippen molar-refractivity contribution in [2.45, 2.75) is 37.3 Å². The van der Waals surface area contributed by atoms with E-state index < -0.39 is 11.4 Å². The van der Waals surface area contributed by atoms with E-state index in [2.05, 4.69) is 15.3 Å². The van der Waals surface area contributed by atoms with Gasteiger partial charge in [-0.05, 0) is 39.4 Å². The first-order valence-electron chi connectivity index (χ1n) is 6.78. The van der Waals surface area contributed by atoms with Crippen LogP contribution in [0.1, 0.15) is 25.8 Å². The van der Waals surface area contributed by atoms with Gasteiger partial charge in [-0.1, -0.05) is 23.5 Å². The van der Waals surface area contributed by atoms with Crippen LogP contribution in [-0.4, -0.2) is 33.5 Å². The highest BCUT2D eigenvalue weighted by molar-refractivity contribution is 7.99. The zero-order valence-electron chi connectivity index (χ0n) is 13.3. The Morgan fingerprint density at radius 3 is 2.73 bits per heavy atom. The van der Waals surface area contributed by atoms with Gasteiger partial charge in [-0.15, -0.1) is 0 Å². The van der Waals surface area contributed by atoms with Crippen LogP contribution in [0, 0.1) is 6.92 Å². The molecule has 2 unspecified atom stereocenters. The molecule has 120 valence electrons. The molecule has 0 saturated heterocycles. The molecule has 1 aromatic heterocycles. The number of aryl methyl sites for hydroxylation is 1. The van der Waals surface area contributed by atoms with Crippen LogP contribution in [0.5, 0.6) is 0 Å². The molecule has 0 amide bonds. The average Bonchev–Trinajstić information content (AvgIpc) is 2.46. The summed E-state index contributed by atoms with van der Waals surface area (Å²) in [7, 11) is 0. The Morgan fingerprint density at radius 1 is 1.41 bits per heavy atom. The van der Waals surface area contributed by atoms with Crippen molar-refractivity contribution in [2.24, 2.45) is 4.99 Å². The van der Waals surface area contributed by atoms with Gasteiger partial charge in [0.15, 0.2) is 5.16 Å². The SMILES string of the molecule is CSc1nc(C)cc(=O)n1C(C)OC1(SC)N=CC=C(C)N1. The molecule has 0 aliphatic carbocycles. The predicted octanol–water partition coefficient (Wildman–Crippen LogP) is 2.36. The predicted molar refractivity (Wildman–Crippen MR) is 92.4 cm³/mol. The molecule has 2 rings (SSSR count). The molecule has 0 aromatic carbocycles. The largest absolute Gasteiger partial charge is 0.333 e. The molecule has 2 atom stereocenters. The molecule has 8 heteroatoms. The number of ether oxygens (including phenoxy) is 1. The Morgan fingerprint density at radius 2 is 2.14 bits per heavy atom. The minimum atomic E-state index is -0.932.